The first-order valence-corrected chi connectivity index (χ1v) is 11.7. The van der Waals surface area contributed by atoms with E-state index in [9.17, 15) is 8.42 Å². The molecule has 0 aromatic carbocycles. The molecule has 0 aromatic rings. The van der Waals surface area contributed by atoms with Gasteiger partial charge in [0, 0.05) is 44.2 Å². The molecule has 2 N–H and O–H groups in total. The minimum Gasteiger partial charge on any atom is -0.355 e. The zero-order chi connectivity index (χ0) is 17.6. The Morgan fingerprint density at radius 1 is 1.17 bits per heavy atom. The van der Waals surface area contributed by atoms with Crippen LogP contribution in [-0.2, 0) is 10.0 Å². The third-order valence-corrected chi connectivity index (χ3v) is 7.57. The molecule has 24 heavy (non-hydrogen) atoms. The summed E-state index contributed by atoms with van der Waals surface area (Å²) >= 11 is 1.82. The van der Waals surface area contributed by atoms with Crippen LogP contribution < -0.4 is 10.6 Å². The van der Waals surface area contributed by atoms with Crippen LogP contribution in [0.15, 0.2) is 4.99 Å². The van der Waals surface area contributed by atoms with Crippen molar-refractivity contribution in [2.24, 2.45) is 16.8 Å². The lowest BCUT2D eigenvalue weighted by molar-refractivity contribution is 0.255. The van der Waals surface area contributed by atoms with Gasteiger partial charge in [-0.15, -0.1) is 0 Å². The van der Waals surface area contributed by atoms with Gasteiger partial charge in [0.2, 0.25) is 10.0 Å². The quantitative estimate of drug-likeness (QED) is 0.560. The number of nitrogens with one attached hydrogen (secondary N) is 2. The van der Waals surface area contributed by atoms with E-state index in [0.717, 1.165) is 36.2 Å². The normalized spacial score (nSPS) is 30.1. The second-order valence-electron chi connectivity index (χ2n) is 7.09. The van der Waals surface area contributed by atoms with E-state index in [4.69, 9.17) is 0 Å². The maximum atomic E-state index is 12.3. The predicted molar refractivity (Wildman–Crippen MR) is 103 cm³/mol. The fourth-order valence-corrected chi connectivity index (χ4v) is 6.20. The number of thioether (sulfide) groups is 1. The number of sulfonamides is 1. The smallest absolute Gasteiger partial charge is 0.215 e. The number of hydrogen-bond acceptors (Lipinski definition) is 4. The Bertz CT molecular complexity index is 508. The number of guanidine groups is 1. The van der Waals surface area contributed by atoms with E-state index in [0.29, 0.717) is 31.6 Å². The molecule has 1 saturated carbocycles. The second-order valence-corrected chi connectivity index (χ2v) is 10.4. The van der Waals surface area contributed by atoms with Crippen LogP contribution in [-0.4, -0.2) is 68.7 Å². The molecule has 140 valence electrons. The Labute approximate surface area is 151 Å². The van der Waals surface area contributed by atoms with Gasteiger partial charge in [-0.1, -0.05) is 13.8 Å². The van der Waals surface area contributed by atoms with E-state index < -0.39 is 10.0 Å². The van der Waals surface area contributed by atoms with E-state index in [1.54, 1.807) is 11.4 Å². The molecule has 2 rings (SSSR count). The summed E-state index contributed by atoms with van der Waals surface area (Å²) < 4.78 is 26.3. The molecule has 1 aliphatic carbocycles. The van der Waals surface area contributed by atoms with Crippen LogP contribution >= 0.6 is 11.8 Å². The van der Waals surface area contributed by atoms with Gasteiger partial charge in [0.1, 0.15) is 0 Å². The molecular formula is C16H32N4O2S2. The summed E-state index contributed by atoms with van der Waals surface area (Å²) in [5.74, 6) is 4.08. The van der Waals surface area contributed by atoms with Crippen LogP contribution in [0.4, 0.5) is 0 Å². The summed E-state index contributed by atoms with van der Waals surface area (Å²) in [5.41, 5.74) is 0. The third kappa shape index (κ3) is 6.11. The van der Waals surface area contributed by atoms with Crippen LogP contribution in [0, 0.1) is 11.8 Å². The van der Waals surface area contributed by atoms with Gasteiger partial charge in [0.05, 0.1) is 5.75 Å². The van der Waals surface area contributed by atoms with E-state index in [-0.39, 0.29) is 5.75 Å². The fourth-order valence-electron chi connectivity index (χ4n) is 3.71. The van der Waals surface area contributed by atoms with Gasteiger partial charge in [-0.05, 0) is 31.1 Å². The molecule has 0 amide bonds. The predicted octanol–water partition coefficient (Wildman–Crippen LogP) is 1.35. The van der Waals surface area contributed by atoms with Crippen molar-refractivity contribution in [1.82, 2.24) is 14.9 Å². The first-order chi connectivity index (χ1) is 11.4. The SMILES string of the molecule is CN=C(NCCS(=O)(=O)N1CCSCC1)NC1CC(C)CC(C)C1. The molecule has 2 atom stereocenters. The maximum Gasteiger partial charge on any atom is 0.215 e. The molecule has 6 nitrogen and oxygen atoms in total. The lowest BCUT2D eigenvalue weighted by Gasteiger charge is -2.33. The van der Waals surface area contributed by atoms with Crippen LogP contribution in [0.2, 0.25) is 0 Å². The fraction of sp³-hybridized carbons (Fsp3) is 0.938. The summed E-state index contributed by atoms with van der Waals surface area (Å²) in [5, 5.41) is 6.63. The Kier molecular flexibility index (Phi) is 7.68. The highest BCUT2D eigenvalue weighted by Gasteiger charge is 2.25. The lowest BCUT2D eigenvalue weighted by atomic mass is 9.80. The molecule has 2 aliphatic rings. The minimum absolute atomic E-state index is 0.121. The molecular weight excluding hydrogens is 344 g/mol. The molecule has 2 unspecified atom stereocenters. The van der Waals surface area contributed by atoms with Crippen LogP contribution in [0.3, 0.4) is 0 Å². The molecule has 8 heteroatoms. The van der Waals surface area contributed by atoms with Crippen molar-refractivity contribution in [2.75, 3.05) is 43.9 Å². The Hall–Kier alpha value is -0.470. The number of hydrogen-bond donors (Lipinski definition) is 2. The zero-order valence-corrected chi connectivity index (χ0v) is 16.8. The van der Waals surface area contributed by atoms with Gasteiger partial charge in [-0.25, -0.2) is 12.7 Å². The van der Waals surface area contributed by atoms with Crippen molar-refractivity contribution in [3.63, 3.8) is 0 Å². The second kappa shape index (κ2) is 9.29. The maximum absolute atomic E-state index is 12.3. The standard InChI is InChI=1S/C16H32N4O2S2/c1-13-10-14(2)12-15(11-13)19-16(17-3)18-4-9-24(21,22)20-5-7-23-8-6-20/h13-15H,4-12H2,1-3H3,(H2,17,18,19). The highest BCUT2D eigenvalue weighted by molar-refractivity contribution is 7.99. The van der Waals surface area contributed by atoms with Crippen LogP contribution in [0.1, 0.15) is 33.1 Å². The number of aliphatic imine (C=N–C) groups is 1. The summed E-state index contributed by atoms with van der Waals surface area (Å²) in [6.07, 6.45) is 3.58. The van der Waals surface area contributed by atoms with E-state index >= 15 is 0 Å². The molecule has 0 spiro atoms. The topological polar surface area (TPSA) is 73.8 Å². The summed E-state index contributed by atoms with van der Waals surface area (Å²) in [6.45, 7) is 6.26. The monoisotopic (exact) mass is 376 g/mol. The van der Waals surface area contributed by atoms with Gasteiger partial charge in [-0.2, -0.15) is 11.8 Å². The highest BCUT2D eigenvalue weighted by Crippen LogP contribution is 2.28. The van der Waals surface area contributed by atoms with Crippen molar-refractivity contribution in [2.45, 2.75) is 39.2 Å². The average Bonchev–Trinajstić information content (AvgIpc) is 2.53. The van der Waals surface area contributed by atoms with Crippen molar-refractivity contribution >= 4 is 27.7 Å². The van der Waals surface area contributed by atoms with Gasteiger partial charge in [-0.3, -0.25) is 4.99 Å². The summed E-state index contributed by atoms with van der Waals surface area (Å²) in [7, 11) is -1.43. The van der Waals surface area contributed by atoms with Crippen molar-refractivity contribution in [3.05, 3.63) is 0 Å². The van der Waals surface area contributed by atoms with E-state index in [2.05, 4.69) is 29.5 Å². The largest absolute Gasteiger partial charge is 0.355 e. The molecule has 1 heterocycles. The molecule has 0 aromatic heterocycles. The molecule has 0 bridgehead atoms. The van der Waals surface area contributed by atoms with Crippen LogP contribution in [0.5, 0.6) is 0 Å². The Balaban J connectivity index is 1.77. The summed E-state index contributed by atoms with van der Waals surface area (Å²) in [4.78, 5) is 4.25. The first kappa shape index (κ1) is 19.8. The number of nitrogens with zero attached hydrogens (tertiary/aromatic N) is 2. The van der Waals surface area contributed by atoms with Gasteiger partial charge in [0.15, 0.2) is 5.96 Å². The highest BCUT2D eigenvalue weighted by atomic mass is 32.2. The summed E-state index contributed by atoms with van der Waals surface area (Å²) in [6, 6.07) is 0.422. The van der Waals surface area contributed by atoms with Gasteiger partial charge >= 0.3 is 0 Å². The minimum atomic E-state index is -3.16. The molecule has 2 fully saturated rings. The number of rotatable bonds is 5. The van der Waals surface area contributed by atoms with Crippen molar-refractivity contribution in [1.29, 1.82) is 0 Å². The first-order valence-electron chi connectivity index (χ1n) is 8.93. The lowest BCUT2D eigenvalue weighted by Crippen LogP contribution is -2.48. The Morgan fingerprint density at radius 3 is 2.38 bits per heavy atom. The van der Waals surface area contributed by atoms with E-state index in [1.807, 2.05) is 11.8 Å². The molecule has 0 radical (unpaired) electrons. The van der Waals surface area contributed by atoms with Crippen molar-refractivity contribution in [3.8, 4) is 0 Å². The Morgan fingerprint density at radius 2 is 1.79 bits per heavy atom. The van der Waals surface area contributed by atoms with Gasteiger partial charge in [0.25, 0.3) is 0 Å². The van der Waals surface area contributed by atoms with Crippen molar-refractivity contribution < 1.29 is 8.42 Å². The zero-order valence-electron chi connectivity index (χ0n) is 15.1. The van der Waals surface area contributed by atoms with E-state index in [1.165, 1.54) is 6.42 Å². The van der Waals surface area contributed by atoms with Crippen LogP contribution in [0.25, 0.3) is 0 Å². The average molecular weight is 377 g/mol. The third-order valence-electron chi connectivity index (χ3n) is 4.76. The molecule has 1 aliphatic heterocycles. The van der Waals surface area contributed by atoms with Gasteiger partial charge < -0.3 is 10.6 Å². The molecule has 1 saturated heterocycles.